The summed E-state index contributed by atoms with van der Waals surface area (Å²) in [6, 6.07) is 15.9. The quantitative estimate of drug-likeness (QED) is 0.685. The zero-order valence-electron chi connectivity index (χ0n) is 15.6. The normalized spacial score (nSPS) is 12.6. The predicted octanol–water partition coefficient (Wildman–Crippen LogP) is 3.84. The number of rotatable bonds is 9. The minimum absolute atomic E-state index is 0.0371. The van der Waals surface area contributed by atoms with Gasteiger partial charge in [-0.2, -0.15) is 0 Å². The zero-order valence-corrected chi connectivity index (χ0v) is 17.1. The van der Waals surface area contributed by atoms with Crippen molar-refractivity contribution in [3.05, 3.63) is 65.2 Å². The maximum absolute atomic E-state index is 12.7. The molecule has 0 saturated heterocycles. The molecular weight excluding hydrogens is 384 g/mol. The molecule has 2 rings (SSSR count). The van der Waals surface area contributed by atoms with Crippen LogP contribution in [0.25, 0.3) is 0 Å². The van der Waals surface area contributed by atoms with Gasteiger partial charge in [-0.05, 0) is 37.1 Å². The first-order chi connectivity index (χ1) is 12.8. The van der Waals surface area contributed by atoms with Gasteiger partial charge < -0.3 is 4.90 Å². The van der Waals surface area contributed by atoms with E-state index in [9.17, 15) is 13.2 Å². The van der Waals surface area contributed by atoms with Crippen LogP contribution in [-0.2, 0) is 21.4 Å². The number of hydrogen-bond acceptors (Lipinski definition) is 3. The first-order valence-electron chi connectivity index (χ1n) is 8.92. The highest BCUT2D eigenvalue weighted by Crippen LogP contribution is 2.16. The van der Waals surface area contributed by atoms with Crippen molar-refractivity contribution in [1.29, 1.82) is 0 Å². The Morgan fingerprint density at radius 2 is 1.85 bits per heavy atom. The van der Waals surface area contributed by atoms with Gasteiger partial charge in [0.05, 0.1) is 4.90 Å². The average Bonchev–Trinajstić information content (AvgIpc) is 2.66. The standard InChI is InChI=1S/C20H25ClN2O3S/c1-3-16(2)23(15-17-8-5-4-6-9-17)20(24)12-13-22-27(25,26)19-11-7-10-18(21)14-19/h4-11,14,16,22H,3,12-13,15H2,1-2H3. The summed E-state index contributed by atoms with van der Waals surface area (Å²) in [4.78, 5) is 14.6. The van der Waals surface area contributed by atoms with Crippen molar-refractivity contribution in [2.45, 2.75) is 44.2 Å². The lowest BCUT2D eigenvalue weighted by Gasteiger charge is -2.29. The molecule has 7 heteroatoms. The van der Waals surface area contributed by atoms with Crippen molar-refractivity contribution < 1.29 is 13.2 Å². The van der Waals surface area contributed by atoms with Crippen LogP contribution in [0, 0.1) is 0 Å². The van der Waals surface area contributed by atoms with Crippen LogP contribution in [0.3, 0.4) is 0 Å². The van der Waals surface area contributed by atoms with Crippen molar-refractivity contribution in [2.75, 3.05) is 6.54 Å². The van der Waals surface area contributed by atoms with Crippen LogP contribution in [-0.4, -0.2) is 31.8 Å². The molecule has 1 amide bonds. The molecule has 27 heavy (non-hydrogen) atoms. The molecule has 0 fully saturated rings. The third-order valence-electron chi connectivity index (χ3n) is 4.38. The summed E-state index contributed by atoms with van der Waals surface area (Å²) in [5.41, 5.74) is 1.05. The lowest BCUT2D eigenvalue weighted by atomic mass is 10.1. The molecule has 1 N–H and O–H groups in total. The first-order valence-corrected chi connectivity index (χ1v) is 10.8. The molecule has 0 aliphatic rings. The smallest absolute Gasteiger partial charge is 0.240 e. The number of hydrogen-bond donors (Lipinski definition) is 1. The van der Waals surface area contributed by atoms with Crippen molar-refractivity contribution in [3.63, 3.8) is 0 Å². The molecule has 0 aliphatic carbocycles. The number of benzene rings is 2. The molecule has 146 valence electrons. The average molecular weight is 409 g/mol. The van der Waals surface area contributed by atoms with Crippen LogP contribution >= 0.6 is 11.6 Å². The van der Waals surface area contributed by atoms with Gasteiger partial charge in [0.15, 0.2) is 0 Å². The fourth-order valence-corrected chi connectivity index (χ4v) is 3.98. The van der Waals surface area contributed by atoms with E-state index in [0.29, 0.717) is 11.6 Å². The second kappa shape index (κ2) is 9.88. The minimum Gasteiger partial charge on any atom is -0.336 e. The van der Waals surface area contributed by atoms with Gasteiger partial charge >= 0.3 is 0 Å². The minimum atomic E-state index is -3.69. The Kier molecular flexibility index (Phi) is 7.83. The molecule has 0 heterocycles. The maximum Gasteiger partial charge on any atom is 0.240 e. The van der Waals surface area contributed by atoms with Crippen LogP contribution in [0.4, 0.5) is 0 Å². The summed E-state index contributed by atoms with van der Waals surface area (Å²) in [5, 5.41) is 0.347. The predicted molar refractivity (Wildman–Crippen MR) is 108 cm³/mol. The van der Waals surface area contributed by atoms with Gasteiger partial charge in [-0.15, -0.1) is 0 Å². The van der Waals surface area contributed by atoms with E-state index in [1.807, 2.05) is 44.2 Å². The van der Waals surface area contributed by atoms with E-state index >= 15 is 0 Å². The monoisotopic (exact) mass is 408 g/mol. The number of nitrogens with zero attached hydrogens (tertiary/aromatic N) is 1. The lowest BCUT2D eigenvalue weighted by Crippen LogP contribution is -2.39. The number of amides is 1. The van der Waals surface area contributed by atoms with Gasteiger partial charge in [-0.3, -0.25) is 4.79 Å². The van der Waals surface area contributed by atoms with Crippen LogP contribution in [0.2, 0.25) is 5.02 Å². The van der Waals surface area contributed by atoms with E-state index in [4.69, 9.17) is 11.6 Å². The van der Waals surface area contributed by atoms with Gasteiger partial charge in [-0.25, -0.2) is 13.1 Å². The number of nitrogens with one attached hydrogen (secondary N) is 1. The second-order valence-corrected chi connectivity index (χ2v) is 8.57. The van der Waals surface area contributed by atoms with Crippen LogP contribution < -0.4 is 4.72 Å². The molecule has 0 aromatic heterocycles. The number of carbonyl (C=O) groups excluding carboxylic acids is 1. The van der Waals surface area contributed by atoms with E-state index in [0.717, 1.165) is 12.0 Å². The summed E-state index contributed by atoms with van der Waals surface area (Å²) in [5.74, 6) is -0.0815. The number of halogens is 1. The Hall–Kier alpha value is -1.89. The number of sulfonamides is 1. The summed E-state index contributed by atoms with van der Waals surface area (Å²) in [6.07, 6.45) is 0.920. The Bertz CT molecular complexity index is 857. The zero-order chi connectivity index (χ0) is 19.9. The highest BCUT2D eigenvalue weighted by atomic mass is 35.5. The third kappa shape index (κ3) is 6.34. The lowest BCUT2D eigenvalue weighted by molar-refractivity contribution is -0.133. The second-order valence-electron chi connectivity index (χ2n) is 6.37. The summed E-state index contributed by atoms with van der Waals surface area (Å²) in [6.45, 7) is 4.57. The van der Waals surface area contributed by atoms with Gasteiger partial charge in [0.2, 0.25) is 15.9 Å². The summed E-state index contributed by atoms with van der Waals surface area (Å²) in [7, 11) is -3.69. The molecular formula is C20H25ClN2O3S. The Labute approximate surface area is 166 Å². The highest BCUT2D eigenvalue weighted by Gasteiger charge is 2.20. The SMILES string of the molecule is CCC(C)N(Cc1ccccc1)C(=O)CCNS(=O)(=O)c1cccc(Cl)c1. The number of carbonyl (C=O) groups is 1. The molecule has 2 aromatic rings. The van der Waals surface area contributed by atoms with Crippen molar-refractivity contribution in [2.24, 2.45) is 0 Å². The van der Waals surface area contributed by atoms with E-state index in [-0.39, 0.29) is 29.8 Å². The molecule has 0 bridgehead atoms. The Balaban J connectivity index is 1.98. The van der Waals surface area contributed by atoms with Crippen molar-refractivity contribution >= 4 is 27.5 Å². The first kappa shape index (κ1) is 21.4. The topological polar surface area (TPSA) is 66.5 Å². The molecule has 0 saturated carbocycles. The molecule has 1 unspecified atom stereocenters. The van der Waals surface area contributed by atoms with Gasteiger partial charge in [0.1, 0.15) is 0 Å². The van der Waals surface area contributed by atoms with E-state index in [2.05, 4.69) is 4.72 Å². The molecule has 0 spiro atoms. The third-order valence-corrected chi connectivity index (χ3v) is 6.07. The van der Waals surface area contributed by atoms with E-state index in [1.165, 1.54) is 12.1 Å². The van der Waals surface area contributed by atoms with Crippen molar-refractivity contribution in [1.82, 2.24) is 9.62 Å². The largest absolute Gasteiger partial charge is 0.336 e. The summed E-state index contributed by atoms with van der Waals surface area (Å²) < 4.78 is 27.1. The maximum atomic E-state index is 12.7. The van der Waals surface area contributed by atoms with Crippen LogP contribution in [0.15, 0.2) is 59.5 Å². The van der Waals surface area contributed by atoms with E-state index in [1.54, 1.807) is 17.0 Å². The fraction of sp³-hybridized carbons (Fsp3) is 0.350. The molecule has 1 atom stereocenters. The molecule has 5 nitrogen and oxygen atoms in total. The van der Waals surface area contributed by atoms with Crippen LogP contribution in [0.5, 0.6) is 0 Å². The Morgan fingerprint density at radius 1 is 1.15 bits per heavy atom. The highest BCUT2D eigenvalue weighted by molar-refractivity contribution is 7.89. The van der Waals surface area contributed by atoms with E-state index < -0.39 is 10.0 Å². The molecule has 0 aliphatic heterocycles. The van der Waals surface area contributed by atoms with Crippen molar-refractivity contribution in [3.8, 4) is 0 Å². The fourth-order valence-electron chi connectivity index (χ4n) is 2.64. The Morgan fingerprint density at radius 3 is 2.48 bits per heavy atom. The molecule has 2 aromatic carbocycles. The van der Waals surface area contributed by atoms with Gasteiger partial charge in [0, 0.05) is 30.6 Å². The van der Waals surface area contributed by atoms with Crippen LogP contribution in [0.1, 0.15) is 32.3 Å². The van der Waals surface area contributed by atoms with Gasteiger partial charge in [-0.1, -0.05) is 54.9 Å². The summed E-state index contributed by atoms with van der Waals surface area (Å²) >= 11 is 5.85. The molecule has 0 radical (unpaired) electrons. The van der Waals surface area contributed by atoms with Gasteiger partial charge in [0.25, 0.3) is 0 Å².